The number of benzene rings is 1. The Bertz CT molecular complexity index is 417. The van der Waals surface area contributed by atoms with Gasteiger partial charge in [0, 0.05) is 32.2 Å². The summed E-state index contributed by atoms with van der Waals surface area (Å²) in [6, 6.07) is 6.03. The van der Waals surface area contributed by atoms with E-state index in [1.54, 1.807) is 7.11 Å². The number of nitrogens with zero attached hydrogens (tertiary/aromatic N) is 1. The number of ether oxygens (including phenoxy) is 1. The first-order valence-electron chi connectivity index (χ1n) is 6.91. The molecule has 106 valence electrons. The predicted molar refractivity (Wildman–Crippen MR) is 76.6 cm³/mol. The van der Waals surface area contributed by atoms with Gasteiger partial charge in [0.25, 0.3) is 0 Å². The Morgan fingerprint density at radius 3 is 2.58 bits per heavy atom. The van der Waals surface area contributed by atoms with Crippen LogP contribution in [0.4, 0.5) is 0 Å². The number of aliphatic hydroxyl groups is 1. The molecular formula is C15H24N2O2. The van der Waals surface area contributed by atoms with E-state index < -0.39 is 6.10 Å². The second-order valence-corrected chi connectivity index (χ2v) is 5.20. The zero-order chi connectivity index (χ0) is 13.8. The van der Waals surface area contributed by atoms with E-state index in [2.05, 4.69) is 17.1 Å². The lowest BCUT2D eigenvalue weighted by atomic mass is 9.99. The first-order chi connectivity index (χ1) is 9.13. The monoisotopic (exact) mass is 264 g/mol. The van der Waals surface area contributed by atoms with Gasteiger partial charge in [0.1, 0.15) is 5.75 Å². The van der Waals surface area contributed by atoms with Crippen molar-refractivity contribution in [2.75, 3.05) is 33.3 Å². The Morgan fingerprint density at radius 1 is 1.32 bits per heavy atom. The minimum absolute atomic E-state index is 0.134. The molecule has 0 bridgehead atoms. The Hall–Kier alpha value is -1.10. The standard InChI is InChI=1S/C15H24N2O2/c1-11-10-13(4-5-14(11)19-3)15(18)12(2)17-8-6-16-7-9-17/h4-5,10,12,15-16,18H,6-9H2,1-3H3. The van der Waals surface area contributed by atoms with E-state index in [4.69, 9.17) is 4.74 Å². The van der Waals surface area contributed by atoms with Gasteiger partial charge in [-0.3, -0.25) is 4.90 Å². The van der Waals surface area contributed by atoms with Crippen LogP contribution in [0.15, 0.2) is 18.2 Å². The highest BCUT2D eigenvalue weighted by Gasteiger charge is 2.24. The average molecular weight is 264 g/mol. The molecule has 0 spiro atoms. The van der Waals surface area contributed by atoms with E-state index in [0.29, 0.717) is 0 Å². The summed E-state index contributed by atoms with van der Waals surface area (Å²) in [7, 11) is 1.67. The Morgan fingerprint density at radius 2 is 2.00 bits per heavy atom. The molecule has 1 saturated heterocycles. The zero-order valence-corrected chi connectivity index (χ0v) is 12.0. The molecule has 1 aromatic carbocycles. The van der Waals surface area contributed by atoms with E-state index in [-0.39, 0.29) is 6.04 Å². The highest BCUT2D eigenvalue weighted by atomic mass is 16.5. The zero-order valence-electron chi connectivity index (χ0n) is 12.0. The third-order valence-corrected chi connectivity index (χ3v) is 3.94. The molecule has 1 aliphatic heterocycles. The lowest BCUT2D eigenvalue weighted by molar-refractivity contribution is 0.0509. The summed E-state index contributed by atoms with van der Waals surface area (Å²) in [6.45, 7) is 8.08. The molecule has 1 heterocycles. The Labute approximate surface area is 115 Å². The number of aryl methyl sites for hydroxylation is 1. The van der Waals surface area contributed by atoms with Crippen LogP contribution in [-0.2, 0) is 0 Å². The number of nitrogens with one attached hydrogen (secondary N) is 1. The first kappa shape index (κ1) is 14.3. The minimum atomic E-state index is -0.456. The van der Waals surface area contributed by atoms with Gasteiger partial charge in [-0.05, 0) is 37.1 Å². The van der Waals surface area contributed by atoms with Crippen molar-refractivity contribution in [3.63, 3.8) is 0 Å². The summed E-state index contributed by atoms with van der Waals surface area (Å²) in [5.41, 5.74) is 2.02. The third kappa shape index (κ3) is 3.26. The van der Waals surface area contributed by atoms with Crippen LogP contribution in [0.1, 0.15) is 24.2 Å². The molecule has 0 saturated carbocycles. The number of aliphatic hydroxyl groups excluding tert-OH is 1. The molecule has 4 heteroatoms. The van der Waals surface area contributed by atoms with E-state index in [9.17, 15) is 5.11 Å². The fourth-order valence-electron chi connectivity index (χ4n) is 2.65. The number of hydrogen-bond acceptors (Lipinski definition) is 4. The molecule has 0 aromatic heterocycles. The Kier molecular flexibility index (Phi) is 4.80. The topological polar surface area (TPSA) is 44.7 Å². The van der Waals surface area contributed by atoms with Gasteiger partial charge in [-0.15, -0.1) is 0 Å². The van der Waals surface area contributed by atoms with Crippen molar-refractivity contribution in [3.05, 3.63) is 29.3 Å². The quantitative estimate of drug-likeness (QED) is 0.861. The van der Waals surface area contributed by atoms with Crippen molar-refractivity contribution in [1.82, 2.24) is 10.2 Å². The fourth-order valence-corrected chi connectivity index (χ4v) is 2.65. The SMILES string of the molecule is COc1ccc(C(O)C(C)N2CCNCC2)cc1C. The van der Waals surface area contributed by atoms with E-state index in [0.717, 1.165) is 43.1 Å². The minimum Gasteiger partial charge on any atom is -0.496 e. The van der Waals surface area contributed by atoms with Crippen molar-refractivity contribution in [2.45, 2.75) is 26.0 Å². The molecule has 0 amide bonds. The number of hydrogen-bond donors (Lipinski definition) is 2. The summed E-state index contributed by atoms with van der Waals surface area (Å²) in [4.78, 5) is 2.33. The summed E-state index contributed by atoms with van der Waals surface area (Å²) >= 11 is 0. The summed E-state index contributed by atoms with van der Waals surface area (Å²) in [6.07, 6.45) is -0.456. The largest absolute Gasteiger partial charge is 0.496 e. The molecule has 2 rings (SSSR count). The van der Waals surface area contributed by atoms with Gasteiger partial charge in [0.2, 0.25) is 0 Å². The molecular weight excluding hydrogens is 240 g/mol. The van der Waals surface area contributed by atoms with E-state index in [1.165, 1.54) is 0 Å². The number of piperazine rings is 1. The van der Waals surface area contributed by atoms with Crippen molar-refractivity contribution in [3.8, 4) is 5.75 Å². The highest BCUT2D eigenvalue weighted by Crippen LogP contribution is 2.26. The van der Waals surface area contributed by atoms with Crippen molar-refractivity contribution < 1.29 is 9.84 Å². The second-order valence-electron chi connectivity index (χ2n) is 5.20. The number of methoxy groups -OCH3 is 1. The molecule has 0 aliphatic carbocycles. The molecule has 2 N–H and O–H groups in total. The van der Waals surface area contributed by atoms with E-state index >= 15 is 0 Å². The van der Waals surface area contributed by atoms with Crippen LogP contribution in [0.25, 0.3) is 0 Å². The first-order valence-corrected chi connectivity index (χ1v) is 6.91. The van der Waals surface area contributed by atoms with Gasteiger partial charge < -0.3 is 15.2 Å². The van der Waals surface area contributed by atoms with Gasteiger partial charge in [-0.2, -0.15) is 0 Å². The molecule has 1 aliphatic rings. The maximum Gasteiger partial charge on any atom is 0.121 e. The van der Waals surface area contributed by atoms with Crippen LogP contribution in [0.2, 0.25) is 0 Å². The van der Waals surface area contributed by atoms with Crippen LogP contribution in [-0.4, -0.2) is 49.3 Å². The average Bonchev–Trinajstić information content (AvgIpc) is 2.46. The third-order valence-electron chi connectivity index (χ3n) is 3.94. The lowest BCUT2D eigenvalue weighted by Gasteiger charge is -2.35. The highest BCUT2D eigenvalue weighted by molar-refractivity contribution is 5.37. The molecule has 1 aromatic rings. The van der Waals surface area contributed by atoms with Crippen LogP contribution in [0.3, 0.4) is 0 Å². The van der Waals surface area contributed by atoms with Gasteiger partial charge in [0.05, 0.1) is 13.2 Å². The summed E-state index contributed by atoms with van der Waals surface area (Å²) in [5, 5.41) is 13.9. The number of rotatable bonds is 4. The van der Waals surface area contributed by atoms with Crippen LogP contribution >= 0.6 is 0 Å². The van der Waals surface area contributed by atoms with Crippen molar-refractivity contribution in [1.29, 1.82) is 0 Å². The van der Waals surface area contributed by atoms with Crippen LogP contribution in [0, 0.1) is 6.92 Å². The normalized spacial score (nSPS) is 20.0. The van der Waals surface area contributed by atoms with Gasteiger partial charge in [-0.1, -0.05) is 6.07 Å². The van der Waals surface area contributed by atoms with Gasteiger partial charge in [-0.25, -0.2) is 0 Å². The molecule has 2 unspecified atom stereocenters. The van der Waals surface area contributed by atoms with Gasteiger partial charge in [0.15, 0.2) is 0 Å². The van der Waals surface area contributed by atoms with Crippen molar-refractivity contribution in [2.24, 2.45) is 0 Å². The van der Waals surface area contributed by atoms with Crippen molar-refractivity contribution >= 4 is 0 Å². The van der Waals surface area contributed by atoms with E-state index in [1.807, 2.05) is 25.1 Å². The fraction of sp³-hybridized carbons (Fsp3) is 0.600. The summed E-state index contributed by atoms with van der Waals surface area (Å²) in [5.74, 6) is 0.866. The molecule has 2 atom stereocenters. The maximum absolute atomic E-state index is 10.5. The van der Waals surface area contributed by atoms with Crippen LogP contribution in [0.5, 0.6) is 5.75 Å². The predicted octanol–water partition coefficient (Wildman–Crippen LogP) is 1.33. The van der Waals surface area contributed by atoms with Gasteiger partial charge >= 0.3 is 0 Å². The molecule has 1 fully saturated rings. The molecule has 0 radical (unpaired) electrons. The molecule has 4 nitrogen and oxygen atoms in total. The molecule has 19 heavy (non-hydrogen) atoms. The lowest BCUT2D eigenvalue weighted by Crippen LogP contribution is -2.49. The Balaban J connectivity index is 2.09. The summed E-state index contributed by atoms with van der Waals surface area (Å²) < 4.78 is 5.26. The second kappa shape index (κ2) is 6.37. The smallest absolute Gasteiger partial charge is 0.121 e. The van der Waals surface area contributed by atoms with Crippen LogP contribution < -0.4 is 10.1 Å². The maximum atomic E-state index is 10.5.